The summed E-state index contributed by atoms with van der Waals surface area (Å²) in [6.07, 6.45) is 3.01. The van der Waals surface area contributed by atoms with Crippen LogP contribution in [-0.4, -0.2) is 22.0 Å². The summed E-state index contributed by atoms with van der Waals surface area (Å²) in [5.74, 6) is 0.843. The molecule has 2 N–H and O–H groups in total. The van der Waals surface area contributed by atoms with Gasteiger partial charge in [-0.25, -0.2) is 9.97 Å². The second kappa shape index (κ2) is 8.64. The molecule has 0 fully saturated rings. The van der Waals surface area contributed by atoms with Gasteiger partial charge in [-0.1, -0.05) is 0 Å². The monoisotopic (exact) mass is 373 g/mol. The maximum absolute atomic E-state index is 12.3. The number of benzene rings is 2. The highest BCUT2D eigenvalue weighted by molar-refractivity contribution is 6.03. The molecule has 0 saturated carbocycles. The first-order chi connectivity index (χ1) is 13.5. The lowest BCUT2D eigenvalue weighted by Crippen LogP contribution is -2.13. The van der Waals surface area contributed by atoms with Gasteiger partial charge in [-0.15, -0.1) is 0 Å². The van der Waals surface area contributed by atoms with E-state index in [0.29, 0.717) is 22.8 Å². The highest BCUT2D eigenvalue weighted by Crippen LogP contribution is 2.19. The first-order valence-electron chi connectivity index (χ1n) is 8.71. The van der Waals surface area contributed by atoms with Crippen LogP contribution in [0.2, 0.25) is 0 Å². The van der Waals surface area contributed by atoms with E-state index in [1.807, 2.05) is 44.2 Å². The predicted molar refractivity (Wildman–Crippen MR) is 107 cm³/mol. The molecular formula is C21H19N5O2. The zero-order valence-corrected chi connectivity index (χ0v) is 15.5. The number of aromatic nitrogens is 2. The number of nitrogens with one attached hydrogen (secondary N) is 2. The molecule has 140 valence electrons. The molecule has 28 heavy (non-hydrogen) atoms. The summed E-state index contributed by atoms with van der Waals surface area (Å²) in [5, 5.41) is 14.6. The minimum Gasteiger partial charge on any atom is -0.491 e. The van der Waals surface area contributed by atoms with E-state index in [2.05, 4.69) is 20.6 Å². The summed E-state index contributed by atoms with van der Waals surface area (Å²) < 4.78 is 5.60. The molecule has 0 aliphatic carbocycles. The van der Waals surface area contributed by atoms with Crippen LogP contribution in [0.3, 0.4) is 0 Å². The fourth-order valence-corrected chi connectivity index (χ4v) is 2.36. The van der Waals surface area contributed by atoms with Gasteiger partial charge in [0.25, 0.3) is 5.91 Å². The van der Waals surface area contributed by atoms with Gasteiger partial charge in [0.05, 0.1) is 23.3 Å². The van der Waals surface area contributed by atoms with Gasteiger partial charge in [0.2, 0.25) is 5.95 Å². The minimum absolute atomic E-state index is 0.116. The Kier molecular flexibility index (Phi) is 5.82. The van der Waals surface area contributed by atoms with Crippen molar-refractivity contribution in [1.29, 1.82) is 5.26 Å². The number of rotatable bonds is 6. The summed E-state index contributed by atoms with van der Waals surface area (Å²) in [4.78, 5) is 20.6. The lowest BCUT2D eigenvalue weighted by atomic mass is 10.2. The zero-order valence-electron chi connectivity index (χ0n) is 15.5. The highest BCUT2D eigenvalue weighted by Gasteiger charge is 2.08. The summed E-state index contributed by atoms with van der Waals surface area (Å²) in [5.41, 5.74) is 2.26. The first kappa shape index (κ1) is 18.9. The molecular weight excluding hydrogens is 354 g/mol. The van der Waals surface area contributed by atoms with E-state index in [-0.39, 0.29) is 12.0 Å². The molecule has 0 aliphatic rings. The second-order valence-electron chi connectivity index (χ2n) is 6.25. The molecule has 7 nitrogen and oxygen atoms in total. The number of amides is 1. The molecule has 1 heterocycles. The van der Waals surface area contributed by atoms with Gasteiger partial charge in [-0.2, -0.15) is 5.26 Å². The number of anilines is 3. The van der Waals surface area contributed by atoms with Crippen molar-refractivity contribution < 1.29 is 9.53 Å². The Morgan fingerprint density at radius 1 is 1.00 bits per heavy atom. The van der Waals surface area contributed by atoms with Crippen LogP contribution < -0.4 is 15.4 Å². The third-order valence-corrected chi connectivity index (χ3v) is 3.67. The number of nitrogens with zero attached hydrogens (tertiary/aromatic N) is 3. The van der Waals surface area contributed by atoms with E-state index < -0.39 is 0 Å². The van der Waals surface area contributed by atoms with Crippen molar-refractivity contribution in [2.45, 2.75) is 20.0 Å². The fourth-order valence-electron chi connectivity index (χ4n) is 2.36. The Morgan fingerprint density at radius 3 is 2.18 bits per heavy atom. The van der Waals surface area contributed by atoms with Crippen LogP contribution in [0, 0.1) is 11.3 Å². The summed E-state index contributed by atoms with van der Waals surface area (Å²) >= 11 is 0. The van der Waals surface area contributed by atoms with Crippen LogP contribution in [0.4, 0.5) is 17.3 Å². The largest absolute Gasteiger partial charge is 0.491 e. The molecule has 0 spiro atoms. The van der Waals surface area contributed by atoms with Crippen molar-refractivity contribution in [1.82, 2.24) is 9.97 Å². The molecule has 1 aromatic heterocycles. The Labute approximate surface area is 163 Å². The minimum atomic E-state index is -0.327. The molecule has 1 amide bonds. The van der Waals surface area contributed by atoms with Crippen LogP contribution >= 0.6 is 0 Å². The van der Waals surface area contributed by atoms with Crippen LogP contribution in [0.5, 0.6) is 5.75 Å². The maximum Gasteiger partial charge on any atom is 0.258 e. The highest BCUT2D eigenvalue weighted by atomic mass is 16.5. The van der Waals surface area contributed by atoms with Crippen molar-refractivity contribution in [3.63, 3.8) is 0 Å². The van der Waals surface area contributed by atoms with Crippen molar-refractivity contribution in [2.75, 3.05) is 10.6 Å². The molecule has 0 bridgehead atoms. The number of ether oxygens (including phenoxy) is 1. The average molecular weight is 373 g/mol. The zero-order chi connectivity index (χ0) is 19.9. The SMILES string of the molecule is CC(C)Oc1ccc(Nc2ncc(C(=O)Nc3ccc(C#N)cc3)cn2)cc1. The molecule has 3 rings (SSSR count). The normalized spacial score (nSPS) is 10.2. The fraction of sp³-hybridized carbons (Fsp3) is 0.143. The quantitative estimate of drug-likeness (QED) is 0.674. The van der Waals surface area contributed by atoms with Crippen LogP contribution in [-0.2, 0) is 0 Å². The molecule has 7 heteroatoms. The van der Waals surface area contributed by atoms with Gasteiger partial charge in [0.1, 0.15) is 5.75 Å². The van der Waals surface area contributed by atoms with Gasteiger partial charge in [0, 0.05) is 23.8 Å². The molecule has 2 aromatic carbocycles. The number of hydrogen-bond donors (Lipinski definition) is 2. The summed E-state index contributed by atoms with van der Waals surface area (Å²) in [6.45, 7) is 3.94. The Hall–Kier alpha value is -3.92. The smallest absolute Gasteiger partial charge is 0.258 e. The standard InChI is InChI=1S/C21H19N5O2/c1-14(2)28-19-9-7-18(8-10-19)26-21-23-12-16(13-24-21)20(27)25-17-5-3-15(11-22)4-6-17/h3-10,12-14H,1-2H3,(H,25,27)(H,23,24,26). The maximum atomic E-state index is 12.3. The molecule has 0 unspecified atom stereocenters. The number of hydrogen-bond acceptors (Lipinski definition) is 6. The van der Waals surface area contributed by atoms with Gasteiger partial charge in [-0.3, -0.25) is 4.79 Å². The first-order valence-corrected chi connectivity index (χ1v) is 8.71. The van der Waals surface area contributed by atoms with Crippen molar-refractivity contribution >= 4 is 23.2 Å². The van der Waals surface area contributed by atoms with E-state index in [1.165, 1.54) is 12.4 Å². The Bertz CT molecular complexity index is 975. The molecule has 0 atom stereocenters. The Morgan fingerprint density at radius 2 is 1.61 bits per heavy atom. The van der Waals surface area contributed by atoms with Gasteiger partial charge >= 0.3 is 0 Å². The number of carbonyl (C=O) groups excluding carboxylic acids is 1. The third-order valence-electron chi connectivity index (χ3n) is 3.67. The van der Waals surface area contributed by atoms with Crippen LogP contribution in [0.15, 0.2) is 60.9 Å². The summed E-state index contributed by atoms with van der Waals surface area (Å²) in [6, 6.07) is 16.1. The molecule has 0 saturated heterocycles. The van der Waals surface area contributed by atoms with Crippen molar-refractivity contribution in [2.24, 2.45) is 0 Å². The molecule has 0 aliphatic heterocycles. The van der Waals surface area contributed by atoms with Crippen LogP contribution in [0.1, 0.15) is 29.8 Å². The van der Waals surface area contributed by atoms with E-state index >= 15 is 0 Å². The van der Waals surface area contributed by atoms with E-state index in [9.17, 15) is 4.79 Å². The number of carbonyl (C=O) groups is 1. The van der Waals surface area contributed by atoms with E-state index in [0.717, 1.165) is 11.4 Å². The van der Waals surface area contributed by atoms with Crippen molar-refractivity contribution in [3.05, 3.63) is 72.1 Å². The van der Waals surface area contributed by atoms with Crippen LogP contribution in [0.25, 0.3) is 0 Å². The summed E-state index contributed by atoms with van der Waals surface area (Å²) in [7, 11) is 0. The third kappa shape index (κ3) is 5.05. The van der Waals surface area contributed by atoms with Crippen molar-refractivity contribution in [3.8, 4) is 11.8 Å². The van der Waals surface area contributed by atoms with Gasteiger partial charge in [-0.05, 0) is 62.4 Å². The topological polar surface area (TPSA) is 99.9 Å². The lowest BCUT2D eigenvalue weighted by molar-refractivity contribution is 0.102. The second-order valence-corrected chi connectivity index (χ2v) is 6.25. The van der Waals surface area contributed by atoms with Gasteiger partial charge in [0.15, 0.2) is 0 Å². The Balaban J connectivity index is 1.60. The lowest BCUT2D eigenvalue weighted by Gasteiger charge is -2.10. The number of nitriles is 1. The van der Waals surface area contributed by atoms with E-state index in [4.69, 9.17) is 10.00 Å². The average Bonchev–Trinajstić information content (AvgIpc) is 2.70. The molecule has 3 aromatic rings. The van der Waals surface area contributed by atoms with E-state index in [1.54, 1.807) is 24.3 Å². The van der Waals surface area contributed by atoms with Gasteiger partial charge < -0.3 is 15.4 Å². The molecule has 0 radical (unpaired) electrons. The predicted octanol–water partition coefficient (Wildman–Crippen LogP) is 4.13.